The Kier molecular flexibility index (Phi) is 2.50. The van der Waals surface area contributed by atoms with Crippen LogP contribution in [0.15, 0.2) is 36.4 Å². The molecule has 2 aromatic carbocycles. The average molecular weight is 251 g/mol. The molecule has 1 heterocycles. The zero-order valence-corrected chi connectivity index (χ0v) is 12.4. The third-order valence-electron chi connectivity index (χ3n) is 4.13. The van der Waals surface area contributed by atoms with Crippen molar-refractivity contribution in [2.75, 3.05) is 0 Å². The van der Waals surface area contributed by atoms with Crippen LogP contribution in [0.4, 0.5) is 0 Å². The molecule has 1 heteroatoms. The van der Waals surface area contributed by atoms with E-state index < -0.39 is 0 Å². The molecular formula is C18H21N. The fourth-order valence-corrected chi connectivity index (χ4v) is 3.28. The first-order chi connectivity index (χ1) is 8.91. The molecule has 19 heavy (non-hydrogen) atoms. The van der Waals surface area contributed by atoms with Crippen molar-refractivity contribution in [2.24, 2.45) is 7.05 Å². The molecule has 0 saturated heterocycles. The molecule has 0 saturated carbocycles. The molecule has 0 aliphatic heterocycles. The lowest BCUT2D eigenvalue weighted by Crippen LogP contribution is -2.13. The van der Waals surface area contributed by atoms with Crippen molar-refractivity contribution in [3.8, 4) is 0 Å². The standard InChI is InChI=1S/C18H21N/c1-12-15(18(2,3)4)11-10-14-13-8-6-7-9-16(13)19(5)17(12)14/h6-11H,1-5H3. The number of aromatic nitrogens is 1. The van der Waals surface area contributed by atoms with Gasteiger partial charge in [0.15, 0.2) is 0 Å². The Morgan fingerprint density at radius 1 is 0.895 bits per heavy atom. The van der Waals surface area contributed by atoms with Crippen LogP contribution in [0.5, 0.6) is 0 Å². The van der Waals surface area contributed by atoms with Crippen molar-refractivity contribution >= 4 is 21.8 Å². The maximum atomic E-state index is 2.33. The van der Waals surface area contributed by atoms with Gasteiger partial charge in [0.2, 0.25) is 0 Å². The molecule has 0 aliphatic rings. The van der Waals surface area contributed by atoms with Crippen LogP contribution in [0, 0.1) is 6.92 Å². The lowest BCUT2D eigenvalue weighted by atomic mass is 9.83. The molecule has 0 aliphatic carbocycles. The maximum absolute atomic E-state index is 2.33. The van der Waals surface area contributed by atoms with Crippen molar-refractivity contribution in [2.45, 2.75) is 33.1 Å². The first kappa shape index (κ1) is 12.3. The third kappa shape index (κ3) is 1.68. The number of para-hydroxylation sites is 1. The Morgan fingerprint density at radius 2 is 1.58 bits per heavy atom. The Bertz CT molecular complexity index is 770. The third-order valence-corrected chi connectivity index (χ3v) is 4.13. The second kappa shape index (κ2) is 3.86. The molecule has 0 radical (unpaired) electrons. The van der Waals surface area contributed by atoms with Crippen LogP contribution in [0.1, 0.15) is 31.9 Å². The number of aryl methyl sites for hydroxylation is 2. The molecule has 3 aromatic rings. The van der Waals surface area contributed by atoms with Gasteiger partial charge in [-0.05, 0) is 29.5 Å². The summed E-state index contributed by atoms with van der Waals surface area (Å²) in [5.74, 6) is 0. The fourth-order valence-electron chi connectivity index (χ4n) is 3.28. The average Bonchev–Trinajstić information content (AvgIpc) is 2.64. The van der Waals surface area contributed by atoms with Gasteiger partial charge in [-0.15, -0.1) is 0 Å². The van der Waals surface area contributed by atoms with Crippen LogP contribution >= 0.6 is 0 Å². The van der Waals surface area contributed by atoms with Crippen LogP contribution < -0.4 is 0 Å². The summed E-state index contributed by atoms with van der Waals surface area (Å²) in [6, 6.07) is 13.2. The van der Waals surface area contributed by atoms with Gasteiger partial charge in [0, 0.05) is 23.3 Å². The number of nitrogens with zero attached hydrogens (tertiary/aromatic N) is 1. The van der Waals surface area contributed by atoms with E-state index in [0.29, 0.717) is 0 Å². The second-order valence-electron chi connectivity index (χ2n) is 6.46. The monoisotopic (exact) mass is 251 g/mol. The molecule has 0 N–H and O–H groups in total. The highest BCUT2D eigenvalue weighted by Gasteiger charge is 2.19. The lowest BCUT2D eigenvalue weighted by molar-refractivity contribution is 0.587. The number of hydrogen-bond acceptors (Lipinski definition) is 0. The minimum Gasteiger partial charge on any atom is -0.343 e. The van der Waals surface area contributed by atoms with E-state index in [4.69, 9.17) is 0 Å². The molecule has 0 spiro atoms. The van der Waals surface area contributed by atoms with Crippen molar-refractivity contribution < 1.29 is 0 Å². The molecule has 0 atom stereocenters. The van der Waals surface area contributed by atoms with E-state index >= 15 is 0 Å². The molecule has 3 rings (SSSR count). The summed E-state index contributed by atoms with van der Waals surface area (Å²) in [6.45, 7) is 9.10. The first-order valence-electron chi connectivity index (χ1n) is 6.88. The molecular weight excluding hydrogens is 230 g/mol. The lowest BCUT2D eigenvalue weighted by Gasteiger charge is -2.22. The van der Waals surface area contributed by atoms with Gasteiger partial charge in [-0.3, -0.25) is 0 Å². The van der Waals surface area contributed by atoms with Gasteiger partial charge in [-0.1, -0.05) is 51.1 Å². The van der Waals surface area contributed by atoms with Gasteiger partial charge >= 0.3 is 0 Å². The summed E-state index contributed by atoms with van der Waals surface area (Å²) in [7, 11) is 2.17. The van der Waals surface area contributed by atoms with Gasteiger partial charge in [-0.25, -0.2) is 0 Å². The number of benzene rings is 2. The summed E-state index contributed by atoms with van der Waals surface area (Å²) in [6.07, 6.45) is 0. The quantitative estimate of drug-likeness (QED) is 0.533. The number of rotatable bonds is 0. The predicted molar refractivity (Wildman–Crippen MR) is 83.9 cm³/mol. The van der Waals surface area contributed by atoms with E-state index in [-0.39, 0.29) is 5.41 Å². The minimum atomic E-state index is 0.189. The van der Waals surface area contributed by atoms with Gasteiger partial charge in [-0.2, -0.15) is 0 Å². The largest absolute Gasteiger partial charge is 0.343 e. The van der Waals surface area contributed by atoms with Crippen LogP contribution in [-0.2, 0) is 12.5 Å². The van der Waals surface area contributed by atoms with Crippen LogP contribution in [0.2, 0.25) is 0 Å². The van der Waals surface area contributed by atoms with Crippen LogP contribution in [0.25, 0.3) is 21.8 Å². The van der Waals surface area contributed by atoms with Crippen molar-refractivity contribution in [3.05, 3.63) is 47.5 Å². The summed E-state index contributed by atoms with van der Waals surface area (Å²) in [5.41, 5.74) is 5.71. The van der Waals surface area contributed by atoms with E-state index in [1.54, 1.807) is 0 Å². The summed E-state index contributed by atoms with van der Waals surface area (Å²) >= 11 is 0. The SMILES string of the molecule is Cc1c(C(C)(C)C)ccc2c3ccccc3n(C)c12. The Morgan fingerprint density at radius 3 is 2.26 bits per heavy atom. The fraction of sp³-hybridized carbons (Fsp3) is 0.333. The second-order valence-corrected chi connectivity index (χ2v) is 6.46. The molecule has 98 valence electrons. The van der Waals surface area contributed by atoms with Gasteiger partial charge in [0.1, 0.15) is 0 Å². The summed E-state index contributed by atoms with van der Waals surface area (Å²) in [5, 5.41) is 2.71. The van der Waals surface area contributed by atoms with Gasteiger partial charge < -0.3 is 4.57 Å². The smallest absolute Gasteiger partial charge is 0.0521 e. The van der Waals surface area contributed by atoms with Crippen molar-refractivity contribution in [3.63, 3.8) is 0 Å². The summed E-state index contributed by atoms with van der Waals surface area (Å²) < 4.78 is 2.33. The molecule has 0 unspecified atom stereocenters. The van der Waals surface area contributed by atoms with E-state index in [9.17, 15) is 0 Å². The normalized spacial score (nSPS) is 12.5. The van der Waals surface area contributed by atoms with Crippen molar-refractivity contribution in [1.29, 1.82) is 0 Å². The Hall–Kier alpha value is -1.76. The van der Waals surface area contributed by atoms with Gasteiger partial charge in [0.25, 0.3) is 0 Å². The zero-order valence-electron chi connectivity index (χ0n) is 12.4. The molecule has 0 fully saturated rings. The highest BCUT2D eigenvalue weighted by molar-refractivity contribution is 6.09. The van der Waals surface area contributed by atoms with Gasteiger partial charge in [0.05, 0.1) is 5.52 Å². The first-order valence-corrected chi connectivity index (χ1v) is 6.88. The predicted octanol–water partition coefficient (Wildman–Crippen LogP) is 4.94. The topological polar surface area (TPSA) is 4.93 Å². The van der Waals surface area contributed by atoms with E-state index in [2.05, 4.69) is 75.7 Å². The van der Waals surface area contributed by atoms with Crippen molar-refractivity contribution in [1.82, 2.24) is 4.57 Å². The molecule has 0 bridgehead atoms. The maximum Gasteiger partial charge on any atom is 0.0521 e. The number of hydrogen-bond donors (Lipinski definition) is 0. The minimum absolute atomic E-state index is 0.189. The zero-order chi connectivity index (χ0) is 13.8. The highest BCUT2D eigenvalue weighted by Crippen LogP contribution is 2.35. The Labute approximate surface area is 114 Å². The molecule has 1 nitrogen and oxygen atoms in total. The number of fused-ring (bicyclic) bond motifs is 3. The van der Waals surface area contributed by atoms with Crippen LogP contribution in [-0.4, -0.2) is 4.57 Å². The molecule has 1 aromatic heterocycles. The van der Waals surface area contributed by atoms with E-state index in [1.165, 1.54) is 32.9 Å². The van der Waals surface area contributed by atoms with E-state index in [1.807, 2.05) is 0 Å². The van der Waals surface area contributed by atoms with Crippen LogP contribution in [0.3, 0.4) is 0 Å². The molecule has 0 amide bonds. The highest BCUT2D eigenvalue weighted by atomic mass is 14.9. The summed E-state index contributed by atoms with van der Waals surface area (Å²) in [4.78, 5) is 0. The van der Waals surface area contributed by atoms with E-state index in [0.717, 1.165) is 0 Å². The Balaban J connectivity index is 2.51.